The van der Waals surface area contributed by atoms with Gasteiger partial charge in [-0.1, -0.05) is 26.5 Å². The molecule has 0 radical (unpaired) electrons. The fourth-order valence-electron chi connectivity index (χ4n) is 6.45. The lowest BCUT2D eigenvalue weighted by Gasteiger charge is -2.49. The monoisotopic (exact) mass is 614 g/mol. The van der Waals surface area contributed by atoms with Crippen molar-refractivity contribution < 1.29 is 23.5 Å². The van der Waals surface area contributed by atoms with E-state index in [-0.39, 0.29) is 53.4 Å². The maximum atomic E-state index is 16.1. The van der Waals surface area contributed by atoms with Crippen LogP contribution < -0.4 is 15.4 Å². The number of aromatic hydroxyl groups is 1. The van der Waals surface area contributed by atoms with Gasteiger partial charge in [0.2, 0.25) is 5.91 Å². The van der Waals surface area contributed by atoms with E-state index in [9.17, 15) is 19.5 Å². The lowest BCUT2D eigenvalue weighted by Crippen LogP contribution is -2.66. The molecule has 1 N–H and O–H groups in total. The van der Waals surface area contributed by atoms with E-state index in [2.05, 4.69) is 16.5 Å². The molecule has 2 unspecified atom stereocenters. The second kappa shape index (κ2) is 10.8. The van der Waals surface area contributed by atoms with Crippen LogP contribution in [0.5, 0.6) is 5.75 Å². The van der Waals surface area contributed by atoms with Crippen LogP contribution in [-0.4, -0.2) is 68.6 Å². The first kappa shape index (κ1) is 29.9. The van der Waals surface area contributed by atoms with Crippen LogP contribution in [-0.2, 0) is 9.59 Å². The van der Waals surface area contributed by atoms with Gasteiger partial charge >= 0.3 is 0 Å². The number of anilines is 2. The van der Waals surface area contributed by atoms with Crippen LogP contribution >= 0.6 is 0 Å². The topological polar surface area (TPSA) is 112 Å². The van der Waals surface area contributed by atoms with Crippen LogP contribution in [0.2, 0.25) is 0 Å². The Balaban J connectivity index is 1.76. The SMILES string of the molecule is C=CC(=O)N1CC2C(=O)N(C)c3c(c4cc(F)c(-c5c(O)cccc5F)nc4n(-c4c(C)ccnc4C(C)C)c3=O)N2CC1C. The fourth-order valence-corrected chi connectivity index (χ4v) is 6.45. The quantitative estimate of drug-likeness (QED) is 0.339. The number of carbonyl (C=O) groups is 2. The van der Waals surface area contributed by atoms with E-state index in [0.29, 0.717) is 16.9 Å². The van der Waals surface area contributed by atoms with E-state index in [4.69, 9.17) is 0 Å². The molecule has 0 spiro atoms. The molecule has 1 saturated heterocycles. The summed E-state index contributed by atoms with van der Waals surface area (Å²) in [5, 5.41) is 10.8. The number of nitrogens with zero attached hydrogens (tertiary/aromatic N) is 6. The average molecular weight is 615 g/mol. The van der Waals surface area contributed by atoms with Gasteiger partial charge < -0.3 is 19.8 Å². The molecule has 1 aromatic carbocycles. The van der Waals surface area contributed by atoms with Crippen molar-refractivity contribution in [2.45, 2.75) is 45.7 Å². The third kappa shape index (κ3) is 4.46. The zero-order valence-electron chi connectivity index (χ0n) is 25.5. The van der Waals surface area contributed by atoms with Crippen LogP contribution in [0.1, 0.15) is 37.9 Å². The maximum absolute atomic E-state index is 16.1. The van der Waals surface area contributed by atoms with Gasteiger partial charge in [0.1, 0.15) is 29.0 Å². The smallest absolute Gasteiger partial charge is 0.283 e. The number of hydrogen-bond acceptors (Lipinski definition) is 7. The Morgan fingerprint density at radius 3 is 2.51 bits per heavy atom. The molecule has 6 rings (SSSR count). The molecule has 2 aliphatic rings. The number of likely N-dealkylation sites (N-methyl/N-ethyl adjacent to an activating group) is 1. The summed E-state index contributed by atoms with van der Waals surface area (Å²) in [5.41, 5.74) is 0.393. The minimum absolute atomic E-state index is 0.00504. The summed E-state index contributed by atoms with van der Waals surface area (Å²) < 4.78 is 32.5. The predicted molar refractivity (Wildman–Crippen MR) is 167 cm³/mol. The summed E-state index contributed by atoms with van der Waals surface area (Å²) in [6.07, 6.45) is 2.81. The highest BCUT2D eigenvalue weighted by molar-refractivity contribution is 6.12. The molecule has 0 aliphatic carbocycles. The molecule has 3 aromatic heterocycles. The first-order valence-electron chi connectivity index (χ1n) is 14.6. The van der Waals surface area contributed by atoms with E-state index in [1.165, 1.54) is 34.7 Å². The van der Waals surface area contributed by atoms with Crippen molar-refractivity contribution in [3.63, 3.8) is 0 Å². The first-order chi connectivity index (χ1) is 21.4. The molecule has 2 aliphatic heterocycles. The Morgan fingerprint density at radius 2 is 1.84 bits per heavy atom. The zero-order chi connectivity index (χ0) is 32.5. The second-order valence-corrected chi connectivity index (χ2v) is 11.8. The highest BCUT2D eigenvalue weighted by Crippen LogP contribution is 2.43. The molecule has 2 amide bonds. The van der Waals surface area contributed by atoms with Crippen molar-refractivity contribution in [2.24, 2.45) is 0 Å². The predicted octanol–water partition coefficient (Wildman–Crippen LogP) is 4.43. The number of aryl methyl sites for hydroxylation is 1. The zero-order valence-corrected chi connectivity index (χ0v) is 25.5. The van der Waals surface area contributed by atoms with Crippen LogP contribution in [0.15, 0.2) is 54.0 Å². The highest BCUT2D eigenvalue weighted by atomic mass is 19.1. The number of benzene rings is 1. The van der Waals surface area contributed by atoms with Gasteiger partial charge in [-0.15, -0.1) is 0 Å². The summed E-state index contributed by atoms with van der Waals surface area (Å²) in [6, 6.07) is 5.24. The number of halogens is 2. The second-order valence-electron chi connectivity index (χ2n) is 11.8. The lowest BCUT2D eigenvalue weighted by atomic mass is 9.98. The largest absolute Gasteiger partial charge is 0.507 e. The summed E-state index contributed by atoms with van der Waals surface area (Å²) in [4.78, 5) is 54.8. The van der Waals surface area contributed by atoms with Crippen molar-refractivity contribution in [1.82, 2.24) is 19.4 Å². The number of piperazine rings is 1. The number of rotatable bonds is 4. The molecule has 0 bridgehead atoms. The van der Waals surface area contributed by atoms with Gasteiger partial charge in [-0.3, -0.25) is 23.9 Å². The van der Waals surface area contributed by atoms with Gasteiger partial charge in [0.15, 0.2) is 11.5 Å². The van der Waals surface area contributed by atoms with Gasteiger partial charge in [0.25, 0.3) is 11.5 Å². The number of phenolic OH excluding ortho intramolecular Hbond substituents is 1. The molecular formula is C33H32F2N6O4. The highest BCUT2D eigenvalue weighted by Gasteiger charge is 2.46. The van der Waals surface area contributed by atoms with Crippen molar-refractivity contribution in [3.05, 3.63) is 82.4 Å². The lowest BCUT2D eigenvalue weighted by molar-refractivity contribution is -0.130. The van der Waals surface area contributed by atoms with E-state index in [1.807, 2.05) is 20.8 Å². The Bertz CT molecular complexity index is 1970. The van der Waals surface area contributed by atoms with Crippen LogP contribution in [0.4, 0.5) is 20.2 Å². The van der Waals surface area contributed by atoms with Crippen LogP contribution in [0.25, 0.3) is 28.0 Å². The number of phenols is 1. The van der Waals surface area contributed by atoms with Crippen molar-refractivity contribution >= 4 is 34.2 Å². The van der Waals surface area contributed by atoms with Gasteiger partial charge in [0, 0.05) is 31.2 Å². The summed E-state index contributed by atoms with van der Waals surface area (Å²) >= 11 is 0. The molecule has 1 fully saturated rings. The number of hydrogen-bond donors (Lipinski definition) is 1. The molecule has 4 aromatic rings. The maximum Gasteiger partial charge on any atom is 0.283 e. The Hall–Kier alpha value is -5.13. The molecule has 12 heteroatoms. The summed E-state index contributed by atoms with van der Waals surface area (Å²) in [5.74, 6) is -3.24. The number of carbonyl (C=O) groups excluding carboxylic acids is 2. The molecule has 232 valence electrons. The van der Waals surface area contributed by atoms with Gasteiger partial charge in [0.05, 0.1) is 29.2 Å². The minimum atomic E-state index is -0.938. The van der Waals surface area contributed by atoms with Crippen LogP contribution in [0.3, 0.4) is 0 Å². The number of pyridine rings is 3. The molecule has 0 saturated carbocycles. The van der Waals surface area contributed by atoms with Crippen molar-refractivity contribution in [2.75, 3.05) is 29.9 Å². The Morgan fingerprint density at radius 1 is 1.11 bits per heavy atom. The standard InChI is InChI=1S/C33H32F2N6O4/c1-7-24(43)39-15-22-32(44)38(6)30-29(40(22)14-18(39)5)19-13-21(35)27(25-20(34)9-8-10-23(25)42)37-31(19)41(33(30)45)28-17(4)11-12-36-26(28)16(2)3/h7-13,16,18,22,42H,1,14-15H2,2-6H3. The third-order valence-electron chi connectivity index (χ3n) is 8.64. The summed E-state index contributed by atoms with van der Waals surface area (Å²) in [6.45, 7) is 11.2. The van der Waals surface area contributed by atoms with Gasteiger partial charge in [-0.2, -0.15) is 0 Å². The number of aromatic nitrogens is 3. The van der Waals surface area contributed by atoms with E-state index >= 15 is 8.78 Å². The Labute approximate surface area is 257 Å². The average Bonchev–Trinajstić information content (AvgIpc) is 2.99. The molecule has 45 heavy (non-hydrogen) atoms. The fraction of sp³-hybridized carbons (Fsp3) is 0.303. The molecule has 5 heterocycles. The van der Waals surface area contributed by atoms with Gasteiger partial charge in [-0.05, 0) is 55.7 Å². The normalized spacial score (nSPS) is 18.0. The minimum Gasteiger partial charge on any atom is -0.507 e. The first-order valence-corrected chi connectivity index (χ1v) is 14.6. The van der Waals surface area contributed by atoms with Crippen LogP contribution in [0, 0.1) is 18.6 Å². The number of fused-ring (bicyclic) bond motifs is 5. The molecule has 10 nitrogen and oxygen atoms in total. The van der Waals surface area contributed by atoms with Crippen molar-refractivity contribution in [3.8, 4) is 22.7 Å². The number of amides is 2. The molecular weight excluding hydrogens is 582 g/mol. The van der Waals surface area contributed by atoms with E-state index < -0.39 is 46.1 Å². The Kier molecular flexibility index (Phi) is 7.18. The molecule has 2 atom stereocenters. The van der Waals surface area contributed by atoms with Gasteiger partial charge in [-0.25, -0.2) is 13.8 Å². The third-order valence-corrected chi connectivity index (χ3v) is 8.64. The van der Waals surface area contributed by atoms with E-state index in [0.717, 1.165) is 12.1 Å². The van der Waals surface area contributed by atoms with Crippen molar-refractivity contribution in [1.29, 1.82) is 0 Å². The van der Waals surface area contributed by atoms with E-state index in [1.54, 1.807) is 29.0 Å². The summed E-state index contributed by atoms with van der Waals surface area (Å²) in [7, 11) is 1.47.